The molecule has 7 heteroatoms. The van der Waals surface area contributed by atoms with Crippen LogP contribution in [0.15, 0.2) is 12.1 Å². The van der Waals surface area contributed by atoms with E-state index in [1.807, 2.05) is 18.7 Å². The molecule has 1 aliphatic rings. The molecule has 0 aromatic heterocycles. The quantitative estimate of drug-likeness (QED) is 0.912. The number of halogens is 3. The van der Waals surface area contributed by atoms with Gasteiger partial charge >= 0.3 is 6.61 Å². The molecular formula is C16H23ClF2N2O2. The van der Waals surface area contributed by atoms with Crippen molar-refractivity contribution in [2.45, 2.75) is 46.4 Å². The molecule has 2 rings (SSSR count). The molecule has 0 radical (unpaired) electrons. The van der Waals surface area contributed by atoms with Crippen molar-refractivity contribution in [3.05, 3.63) is 28.8 Å². The van der Waals surface area contributed by atoms with Gasteiger partial charge in [-0.3, -0.25) is 4.79 Å². The number of amides is 1. The smallest absolute Gasteiger partial charge is 0.387 e. The second kappa shape index (κ2) is 7.93. The Bertz CT molecular complexity index is 546. The van der Waals surface area contributed by atoms with Crippen LogP contribution in [0.5, 0.6) is 5.75 Å². The number of nitrogens with zero attached hydrogens (tertiary/aromatic N) is 1. The first kappa shape index (κ1) is 19.6. The molecule has 2 unspecified atom stereocenters. The van der Waals surface area contributed by atoms with Crippen LogP contribution in [-0.4, -0.2) is 42.6 Å². The third kappa shape index (κ3) is 4.32. The van der Waals surface area contributed by atoms with Crippen molar-refractivity contribution in [3.8, 4) is 5.75 Å². The number of piperazine rings is 1. The van der Waals surface area contributed by atoms with E-state index in [1.54, 1.807) is 26.0 Å². The minimum absolute atomic E-state index is 0. The fourth-order valence-corrected chi connectivity index (χ4v) is 2.86. The second-order valence-electron chi connectivity index (χ2n) is 5.80. The predicted octanol–water partition coefficient (Wildman–Crippen LogP) is 3.15. The van der Waals surface area contributed by atoms with E-state index in [2.05, 4.69) is 10.1 Å². The van der Waals surface area contributed by atoms with Crippen LogP contribution in [0.25, 0.3) is 0 Å². The summed E-state index contributed by atoms with van der Waals surface area (Å²) in [7, 11) is 0. The molecule has 1 saturated heterocycles. The molecule has 1 aliphatic heterocycles. The second-order valence-corrected chi connectivity index (χ2v) is 5.80. The van der Waals surface area contributed by atoms with E-state index >= 15 is 0 Å². The van der Waals surface area contributed by atoms with Gasteiger partial charge in [0.1, 0.15) is 5.75 Å². The van der Waals surface area contributed by atoms with Gasteiger partial charge in [0.05, 0.1) is 0 Å². The van der Waals surface area contributed by atoms with Crippen molar-refractivity contribution >= 4 is 18.3 Å². The van der Waals surface area contributed by atoms with Crippen molar-refractivity contribution in [1.82, 2.24) is 10.2 Å². The van der Waals surface area contributed by atoms with E-state index in [1.165, 1.54) is 0 Å². The number of carbonyl (C=O) groups is 1. The summed E-state index contributed by atoms with van der Waals surface area (Å²) < 4.78 is 29.4. The number of carbonyl (C=O) groups excluding carboxylic acids is 1. The van der Waals surface area contributed by atoms with Crippen LogP contribution in [0, 0.1) is 13.8 Å². The first-order valence-electron chi connectivity index (χ1n) is 7.41. The maximum absolute atomic E-state index is 12.7. The van der Waals surface area contributed by atoms with Gasteiger partial charge in [0.15, 0.2) is 0 Å². The van der Waals surface area contributed by atoms with E-state index in [4.69, 9.17) is 0 Å². The molecule has 1 N–H and O–H groups in total. The molecule has 0 aliphatic carbocycles. The van der Waals surface area contributed by atoms with Crippen LogP contribution in [0.3, 0.4) is 0 Å². The van der Waals surface area contributed by atoms with Crippen molar-refractivity contribution in [2.75, 3.05) is 13.1 Å². The number of rotatable bonds is 3. The van der Waals surface area contributed by atoms with Gasteiger partial charge in [0.25, 0.3) is 5.91 Å². The zero-order valence-electron chi connectivity index (χ0n) is 13.7. The molecule has 2 atom stereocenters. The number of hydrogen-bond donors (Lipinski definition) is 1. The third-order valence-corrected chi connectivity index (χ3v) is 4.21. The van der Waals surface area contributed by atoms with E-state index in [-0.39, 0.29) is 36.1 Å². The summed E-state index contributed by atoms with van der Waals surface area (Å²) in [6.45, 7) is 5.91. The Labute approximate surface area is 141 Å². The summed E-state index contributed by atoms with van der Waals surface area (Å²) in [5.74, 6) is 0.0731. The summed E-state index contributed by atoms with van der Waals surface area (Å²) >= 11 is 0. The zero-order valence-corrected chi connectivity index (χ0v) is 14.5. The monoisotopic (exact) mass is 348 g/mol. The SMILES string of the molecule is Cc1cc(C(=O)N2CCNC(C)C2C)cc(C)c1OC(F)F.Cl. The van der Waals surface area contributed by atoms with Gasteiger partial charge in [-0.25, -0.2) is 0 Å². The van der Waals surface area contributed by atoms with Gasteiger partial charge in [-0.05, 0) is 51.0 Å². The Balaban J connectivity index is 0.00000264. The Hall–Kier alpha value is -1.40. The number of aryl methyl sites for hydroxylation is 2. The molecule has 1 aromatic carbocycles. The molecule has 1 amide bonds. The molecule has 4 nitrogen and oxygen atoms in total. The van der Waals surface area contributed by atoms with Gasteiger partial charge in [0, 0.05) is 30.7 Å². The average Bonchev–Trinajstić information content (AvgIpc) is 2.44. The molecule has 1 fully saturated rings. The first-order valence-corrected chi connectivity index (χ1v) is 7.41. The van der Waals surface area contributed by atoms with Crippen LogP contribution in [0.2, 0.25) is 0 Å². The molecule has 1 heterocycles. The Morgan fingerprint density at radius 3 is 2.39 bits per heavy atom. The topological polar surface area (TPSA) is 41.6 Å². The average molecular weight is 349 g/mol. The molecule has 0 saturated carbocycles. The van der Waals surface area contributed by atoms with Crippen molar-refractivity contribution in [2.24, 2.45) is 0 Å². The van der Waals surface area contributed by atoms with Gasteiger partial charge < -0.3 is 15.0 Å². The highest BCUT2D eigenvalue weighted by molar-refractivity contribution is 5.95. The van der Waals surface area contributed by atoms with Crippen molar-refractivity contribution in [1.29, 1.82) is 0 Å². The van der Waals surface area contributed by atoms with Gasteiger partial charge in [-0.2, -0.15) is 8.78 Å². The zero-order chi connectivity index (χ0) is 16.4. The normalized spacial score (nSPS) is 21.1. The number of nitrogens with one attached hydrogen (secondary N) is 1. The molecular weight excluding hydrogens is 326 g/mol. The van der Waals surface area contributed by atoms with Crippen molar-refractivity contribution in [3.63, 3.8) is 0 Å². The molecule has 0 spiro atoms. The lowest BCUT2D eigenvalue weighted by Gasteiger charge is -2.38. The lowest BCUT2D eigenvalue weighted by atomic mass is 10.0. The maximum atomic E-state index is 12.7. The molecule has 23 heavy (non-hydrogen) atoms. The maximum Gasteiger partial charge on any atom is 0.387 e. The Morgan fingerprint density at radius 1 is 1.30 bits per heavy atom. The molecule has 130 valence electrons. The van der Waals surface area contributed by atoms with Gasteiger partial charge in [-0.1, -0.05) is 0 Å². The predicted molar refractivity (Wildman–Crippen MR) is 87.8 cm³/mol. The van der Waals surface area contributed by atoms with Crippen molar-refractivity contribution < 1.29 is 18.3 Å². The van der Waals surface area contributed by atoms with Crippen LogP contribution in [0.4, 0.5) is 8.78 Å². The van der Waals surface area contributed by atoms with Crippen LogP contribution in [0.1, 0.15) is 35.3 Å². The molecule has 1 aromatic rings. The minimum atomic E-state index is -2.87. The third-order valence-electron chi connectivity index (χ3n) is 4.21. The number of alkyl halides is 2. The van der Waals surface area contributed by atoms with Gasteiger partial charge in [0.2, 0.25) is 0 Å². The van der Waals surface area contributed by atoms with E-state index in [0.717, 1.165) is 6.54 Å². The van der Waals surface area contributed by atoms with E-state index < -0.39 is 6.61 Å². The lowest BCUT2D eigenvalue weighted by Crippen LogP contribution is -2.57. The minimum Gasteiger partial charge on any atom is -0.434 e. The van der Waals surface area contributed by atoms with Crippen LogP contribution < -0.4 is 10.1 Å². The van der Waals surface area contributed by atoms with E-state index in [9.17, 15) is 13.6 Å². The summed E-state index contributed by atoms with van der Waals surface area (Å²) in [4.78, 5) is 14.5. The summed E-state index contributed by atoms with van der Waals surface area (Å²) in [5, 5.41) is 3.32. The fourth-order valence-electron chi connectivity index (χ4n) is 2.86. The van der Waals surface area contributed by atoms with E-state index in [0.29, 0.717) is 23.2 Å². The highest BCUT2D eigenvalue weighted by Crippen LogP contribution is 2.27. The van der Waals surface area contributed by atoms with Crippen LogP contribution in [-0.2, 0) is 0 Å². The highest BCUT2D eigenvalue weighted by atomic mass is 35.5. The lowest BCUT2D eigenvalue weighted by molar-refractivity contribution is -0.0507. The standard InChI is InChI=1S/C16H22F2N2O2.ClH/c1-9-7-13(8-10(2)14(9)22-16(17)18)15(21)20-6-5-19-11(3)12(20)4;/h7-8,11-12,16,19H,5-6H2,1-4H3;1H. The summed E-state index contributed by atoms with van der Waals surface area (Å²) in [6, 6.07) is 3.54. The Kier molecular flexibility index (Phi) is 6.77. The van der Waals surface area contributed by atoms with Crippen LogP contribution >= 0.6 is 12.4 Å². The first-order chi connectivity index (χ1) is 10.3. The fraction of sp³-hybridized carbons (Fsp3) is 0.562. The number of hydrogen-bond acceptors (Lipinski definition) is 3. The summed E-state index contributed by atoms with van der Waals surface area (Å²) in [5.41, 5.74) is 1.59. The number of ether oxygens (including phenoxy) is 1. The highest BCUT2D eigenvalue weighted by Gasteiger charge is 2.29. The molecule has 0 bridgehead atoms. The van der Waals surface area contributed by atoms with Gasteiger partial charge in [-0.15, -0.1) is 12.4 Å². The Morgan fingerprint density at radius 2 is 1.87 bits per heavy atom. The largest absolute Gasteiger partial charge is 0.434 e. The number of benzene rings is 1. The summed E-state index contributed by atoms with van der Waals surface area (Å²) in [6.07, 6.45) is 0.